The maximum Gasteiger partial charge on any atom is 0.139 e. The number of benzene rings is 1. The molecule has 110 valence electrons. The second-order valence-electron chi connectivity index (χ2n) is 5.04. The summed E-state index contributed by atoms with van der Waals surface area (Å²) in [5.41, 5.74) is 3.61. The lowest BCUT2D eigenvalue weighted by atomic mass is 10.0. The second kappa shape index (κ2) is 6.54. The van der Waals surface area contributed by atoms with E-state index in [1.165, 1.54) is 11.6 Å². The first-order valence-corrected chi connectivity index (χ1v) is 8.21. The van der Waals surface area contributed by atoms with E-state index in [9.17, 15) is 4.39 Å². The number of aromatic nitrogens is 2. The Hall–Kier alpha value is -1.46. The van der Waals surface area contributed by atoms with Crippen molar-refractivity contribution in [3.8, 4) is 0 Å². The average molecular weight is 303 g/mol. The fourth-order valence-electron chi connectivity index (χ4n) is 2.55. The molecule has 2 aromatic rings. The van der Waals surface area contributed by atoms with Crippen LogP contribution in [0.1, 0.15) is 29.7 Å². The molecule has 1 aromatic heterocycles. The Labute approximate surface area is 128 Å². The topological polar surface area (TPSA) is 37.8 Å². The van der Waals surface area contributed by atoms with Crippen LogP contribution in [0, 0.1) is 5.82 Å². The summed E-state index contributed by atoms with van der Waals surface area (Å²) in [6, 6.07) is 6.65. The molecular weight excluding hydrogens is 285 g/mol. The Balaban J connectivity index is 1.79. The molecular formula is C16H18FN3S. The summed E-state index contributed by atoms with van der Waals surface area (Å²) in [6.07, 6.45) is 1.94. The minimum atomic E-state index is -0.204. The molecule has 1 N–H and O–H groups in total. The summed E-state index contributed by atoms with van der Waals surface area (Å²) >= 11 is 1.57. The molecule has 0 saturated carbocycles. The number of rotatable bonds is 4. The van der Waals surface area contributed by atoms with E-state index in [1.54, 1.807) is 23.9 Å². The van der Waals surface area contributed by atoms with Gasteiger partial charge in [0.1, 0.15) is 11.6 Å². The molecule has 0 amide bonds. The van der Waals surface area contributed by atoms with E-state index < -0.39 is 0 Å². The highest BCUT2D eigenvalue weighted by molar-refractivity contribution is 7.98. The van der Waals surface area contributed by atoms with Crippen molar-refractivity contribution < 1.29 is 4.39 Å². The summed E-state index contributed by atoms with van der Waals surface area (Å²) in [5, 5.41) is 3.35. The minimum absolute atomic E-state index is 0.204. The molecule has 0 radical (unpaired) electrons. The molecule has 0 bridgehead atoms. The summed E-state index contributed by atoms with van der Waals surface area (Å²) in [5.74, 6) is 1.30. The van der Waals surface area contributed by atoms with Crippen LogP contribution in [-0.4, -0.2) is 16.5 Å². The van der Waals surface area contributed by atoms with Gasteiger partial charge in [0.15, 0.2) is 0 Å². The lowest BCUT2D eigenvalue weighted by Gasteiger charge is -2.19. The minimum Gasteiger partial charge on any atom is -0.311 e. The van der Waals surface area contributed by atoms with Gasteiger partial charge in [0.25, 0.3) is 0 Å². The number of hydrogen-bond donors (Lipinski definition) is 1. The van der Waals surface area contributed by atoms with Gasteiger partial charge in [-0.25, -0.2) is 14.4 Å². The fraction of sp³-hybridized carbons (Fsp3) is 0.375. The van der Waals surface area contributed by atoms with Crippen LogP contribution < -0.4 is 5.32 Å². The number of hydrogen-bond acceptors (Lipinski definition) is 4. The van der Waals surface area contributed by atoms with E-state index in [4.69, 9.17) is 0 Å². The Morgan fingerprint density at radius 1 is 1.33 bits per heavy atom. The molecule has 5 heteroatoms. The first-order valence-electron chi connectivity index (χ1n) is 7.23. The van der Waals surface area contributed by atoms with Crippen molar-refractivity contribution in [2.45, 2.75) is 37.0 Å². The van der Waals surface area contributed by atoms with Gasteiger partial charge in [-0.2, -0.15) is 0 Å². The van der Waals surface area contributed by atoms with Gasteiger partial charge >= 0.3 is 0 Å². The highest BCUT2D eigenvalue weighted by Gasteiger charge is 2.16. The van der Waals surface area contributed by atoms with Gasteiger partial charge in [-0.3, -0.25) is 0 Å². The molecule has 3 rings (SSSR count). The van der Waals surface area contributed by atoms with Crippen LogP contribution >= 0.6 is 11.8 Å². The number of fused-ring (bicyclic) bond motifs is 1. The SMILES string of the molecule is CCc1nc(CSc2cccc(F)c2)nc2c1CCNC2. The maximum atomic E-state index is 13.2. The van der Waals surface area contributed by atoms with Crippen molar-refractivity contribution in [2.75, 3.05) is 6.54 Å². The number of thioether (sulfide) groups is 1. The predicted octanol–water partition coefficient (Wildman–Crippen LogP) is 3.12. The third kappa shape index (κ3) is 3.41. The number of halogens is 1. The van der Waals surface area contributed by atoms with Crippen LogP contribution in [0.15, 0.2) is 29.2 Å². The smallest absolute Gasteiger partial charge is 0.139 e. The standard InChI is InChI=1S/C16H18FN3S/c1-2-14-13-6-7-18-9-15(13)20-16(19-14)10-21-12-5-3-4-11(17)8-12/h3-5,8,18H,2,6-7,9-10H2,1H3. The summed E-state index contributed by atoms with van der Waals surface area (Å²) in [4.78, 5) is 10.3. The Morgan fingerprint density at radius 3 is 3.05 bits per heavy atom. The molecule has 0 fully saturated rings. The molecule has 0 spiro atoms. The van der Waals surface area contributed by atoms with Crippen molar-refractivity contribution in [2.24, 2.45) is 0 Å². The molecule has 0 saturated heterocycles. The molecule has 1 aliphatic heterocycles. The van der Waals surface area contributed by atoms with Gasteiger partial charge < -0.3 is 5.32 Å². The largest absolute Gasteiger partial charge is 0.311 e. The van der Waals surface area contributed by atoms with E-state index in [2.05, 4.69) is 22.2 Å². The van der Waals surface area contributed by atoms with Crippen molar-refractivity contribution in [1.82, 2.24) is 15.3 Å². The van der Waals surface area contributed by atoms with Crippen LogP contribution in [0.3, 0.4) is 0 Å². The number of aryl methyl sites for hydroxylation is 1. The van der Waals surface area contributed by atoms with Crippen molar-refractivity contribution >= 4 is 11.8 Å². The van der Waals surface area contributed by atoms with E-state index in [1.807, 2.05) is 6.07 Å². The van der Waals surface area contributed by atoms with E-state index in [-0.39, 0.29) is 5.82 Å². The first-order chi connectivity index (χ1) is 10.3. The summed E-state index contributed by atoms with van der Waals surface area (Å²) < 4.78 is 13.2. The van der Waals surface area contributed by atoms with Crippen LogP contribution in [0.25, 0.3) is 0 Å². The van der Waals surface area contributed by atoms with Gasteiger partial charge in [0, 0.05) is 17.1 Å². The molecule has 0 unspecified atom stereocenters. The third-order valence-electron chi connectivity index (χ3n) is 3.57. The molecule has 0 aliphatic carbocycles. The second-order valence-corrected chi connectivity index (χ2v) is 6.09. The van der Waals surface area contributed by atoms with Crippen molar-refractivity contribution in [3.05, 3.63) is 52.9 Å². The predicted molar refractivity (Wildman–Crippen MR) is 82.8 cm³/mol. The fourth-order valence-corrected chi connectivity index (χ4v) is 3.35. The van der Waals surface area contributed by atoms with Crippen LogP contribution in [0.5, 0.6) is 0 Å². The molecule has 1 aromatic carbocycles. The average Bonchev–Trinajstić information content (AvgIpc) is 2.52. The summed E-state index contributed by atoms with van der Waals surface area (Å²) in [6.45, 7) is 3.96. The Bertz CT molecular complexity index is 628. The lowest BCUT2D eigenvalue weighted by molar-refractivity contribution is 0.611. The van der Waals surface area contributed by atoms with Gasteiger partial charge in [-0.1, -0.05) is 13.0 Å². The molecule has 1 aliphatic rings. The quantitative estimate of drug-likeness (QED) is 0.881. The highest BCUT2D eigenvalue weighted by Crippen LogP contribution is 2.24. The zero-order valence-corrected chi connectivity index (χ0v) is 12.8. The van der Waals surface area contributed by atoms with Crippen molar-refractivity contribution in [3.63, 3.8) is 0 Å². The summed E-state index contributed by atoms with van der Waals surface area (Å²) in [7, 11) is 0. The van der Waals surface area contributed by atoms with Gasteiger partial charge in [-0.15, -0.1) is 11.8 Å². The monoisotopic (exact) mass is 303 g/mol. The molecule has 3 nitrogen and oxygen atoms in total. The van der Waals surface area contributed by atoms with Gasteiger partial charge in [-0.05, 0) is 43.1 Å². The molecule has 2 heterocycles. The van der Waals surface area contributed by atoms with E-state index >= 15 is 0 Å². The van der Waals surface area contributed by atoms with Gasteiger partial charge in [0.2, 0.25) is 0 Å². The van der Waals surface area contributed by atoms with Crippen LogP contribution in [0.2, 0.25) is 0 Å². The third-order valence-corrected chi connectivity index (χ3v) is 4.56. The maximum absolute atomic E-state index is 13.2. The zero-order chi connectivity index (χ0) is 14.7. The zero-order valence-electron chi connectivity index (χ0n) is 12.0. The van der Waals surface area contributed by atoms with Crippen molar-refractivity contribution in [1.29, 1.82) is 0 Å². The van der Waals surface area contributed by atoms with Gasteiger partial charge in [0.05, 0.1) is 11.4 Å². The normalized spacial score (nSPS) is 14.0. The van der Waals surface area contributed by atoms with Crippen LogP contribution in [0.4, 0.5) is 4.39 Å². The van der Waals surface area contributed by atoms with Crippen LogP contribution in [-0.2, 0) is 25.1 Å². The number of nitrogens with one attached hydrogen (secondary N) is 1. The molecule has 21 heavy (non-hydrogen) atoms. The Kier molecular flexibility index (Phi) is 4.51. The van der Waals surface area contributed by atoms with E-state index in [0.717, 1.165) is 48.0 Å². The number of nitrogens with zero attached hydrogens (tertiary/aromatic N) is 2. The Morgan fingerprint density at radius 2 is 2.24 bits per heavy atom. The molecule has 0 atom stereocenters. The highest BCUT2D eigenvalue weighted by atomic mass is 32.2. The lowest BCUT2D eigenvalue weighted by Crippen LogP contribution is -2.27. The van der Waals surface area contributed by atoms with E-state index in [0.29, 0.717) is 5.75 Å². The first kappa shape index (κ1) is 14.5.